The molecule has 2 aromatic rings. The highest BCUT2D eigenvalue weighted by atomic mass is 32.2. The number of aliphatic carboxylic acids is 1. The molecular weight excluding hydrogens is 290 g/mol. The molecule has 0 saturated heterocycles. The molecule has 0 unspecified atom stereocenters. The van der Waals surface area contributed by atoms with Gasteiger partial charge in [0.2, 0.25) is 5.82 Å². The summed E-state index contributed by atoms with van der Waals surface area (Å²) >= 11 is 1.16. The molecule has 1 N–H and O–H groups in total. The van der Waals surface area contributed by atoms with Gasteiger partial charge in [-0.25, -0.2) is 0 Å². The highest BCUT2D eigenvalue weighted by Crippen LogP contribution is 2.31. The number of thioether (sulfide) groups is 1. The van der Waals surface area contributed by atoms with Gasteiger partial charge in [0.15, 0.2) is 10.9 Å². The minimum Gasteiger partial charge on any atom is -0.481 e. The molecule has 2 aromatic heterocycles. The maximum absolute atomic E-state index is 10.8. The van der Waals surface area contributed by atoms with Crippen molar-refractivity contribution in [2.24, 2.45) is 0 Å². The smallest absolute Gasteiger partial charge is 0.313 e. The van der Waals surface area contributed by atoms with E-state index in [4.69, 9.17) is 9.52 Å². The Labute approximate surface area is 127 Å². The van der Waals surface area contributed by atoms with E-state index in [1.165, 1.54) is 0 Å². The maximum atomic E-state index is 10.8. The number of aryl methyl sites for hydroxylation is 1. The summed E-state index contributed by atoms with van der Waals surface area (Å²) in [5.74, 6) is 1.23. The van der Waals surface area contributed by atoms with Crippen LogP contribution < -0.4 is 0 Å². The van der Waals surface area contributed by atoms with Crippen molar-refractivity contribution in [3.05, 3.63) is 17.9 Å². The Balaban J connectivity index is 2.44. The first-order valence-corrected chi connectivity index (χ1v) is 7.71. The van der Waals surface area contributed by atoms with Gasteiger partial charge in [-0.15, -0.1) is 10.2 Å². The number of furan rings is 1. The summed E-state index contributed by atoms with van der Waals surface area (Å²) < 4.78 is 7.66. The molecule has 0 spiro atoms. The second-order valence-electron chi connectivity index (χ2n) is 5.61. The normalized spacial score (nSPS) is 11.8. The molecule has 0 amide bonds. The van der Waals surface area contributed by atoms with Gasteiger partial charge in [-0.05, 0) is 32.9 Å². The first-order valence-electron chi connectivity index (χ1n) is 6.72. The summed E-state index contributed by atoms with van der Waals surface area (Å²) in [6.07, 6.45) is 0.810. The number of carbonyl (C=O) groups is 1. The van der Waals surface area contributed by atoms with Gasteiger partial charge in [-0.3, -0.25) is 9.36 Å². The zero-order chi connectivity index (χ0) is 15.6. The number of aromatic nitrogens is 3. The number of carboxylic acid groups (broad SMARTS) is 1. The monoisotopic (exact) mass is 309 g/mol. The minimum atomic E-state index is -0.878. The van der Waals surface area contributed by atoms with Gasteiger partial charge >= 0.3 is 5.97 Å². The van der Waals surface area contributed by atoms with Crippen molar-refractivity contribution in [2.45, 2.75) is 44.8 Å². The summed E-state index contributed by atoms with van der Waals surface area (Å²) in [7, 11) is 0. The lowest BCUT2D eigenvalue weighted by Crippen LogP contribution is -2.24. The Morgan fingerprint density at radius 2 is 2.10 bits per heavy atom. The summed E-state index contributed by atoms with van der Waals surface area (Å²) in [5.41, 5.74) is -0.279. The Bertz CT molecular complexity index is 640. The summed E-state index contributed by atoms with van der Waals surface area (Å²) in [5, 5.41) is 17.7. The van der Waals surface area contributed by atoms with E-state index in [0.717, 1.165) is 23.9 Å². The van der Waals surface area contributed by atoms with Crippen LogP contribution in [-0.4, -0.2) is 31.6 Å². The molecule has 2 rings (SSSR count). The van der Waals surface area contributed by atoms with Crippen LogP contribution in [0.1, 0.15) is 33.5 Å². The molecule has 114 valence electrons. The van der Waals surface area contributed by atoms with Crippen LogP contribution in [0.5, 0.6) is 0 Å². The van der Waals surface area contributed by atoms with Gasteiger partial charge in [0, 0.05) is 12.0 Å². The van der Waals surface area contributed by atoms with E-state index in [-0.39, 0.29) is 11.3 Å². The van der Waals surface area contributed by atoms with E-state index < -0.39 is 5.97 Å². The third kappa shape index (κ3) is 3.47. The Hall–Kier alpha value is -1.76. The van der Waals surface area contributed by atoms with Crippen molar-refractivity contribution in [1.29, 1.82) is 0 Å². The third-order valence-corrected chi connectivity index (χ3v) is 3.77. The first kappa shape index (κ1) is 15.6. The van der Waals surface area contributed by atoms with Crippen LogP contribution in [-0.2, 0) is 16.8 Å². The maximum Gasteiger partial charge on any atom is 0.313 e. The van der Waals surface area contributed by atoms with E-state index >= 15 is 0 Å². The van der Waals surface area contributed by atoms with Gasteiger partial charge in [0.25, 0.3) is 0 Å². The van der Waals surface area contributed by atoms with E-state index in [0.29, 0.717) is 16.7 Å². The molecule has 0 aliphatic carbocycles. The number of nitrogens with zero attached hydrogens (tertiary/aromatic N) is 3. The van der Waals surface area contributed by atoms with E-state index in [1.807, 2.05) is 44.4 Å². The standard InChI is InChI=1S/C14H19N3O3S/c1-5-9-6-7-10(20-9)12-15-16-13(21-8-11(18)19)17(12)14(2,3)4/h6-7H,5,8H2,1-4H3,(H,18,19). The van der Waals surface area contributed by atoms with E-state index in [1.54, 1.807) is 0 Å². The van der Waals surface area contributed by atoms with Gasteiger partial charge in [0.05, 0.1) is 5.75 Å². The van der Waals surface area contributed by atoms with Crippen LogP contribution in [0.2, 0.25) is 0 Å². The second kappa shape index (κ2) is 5.93. The minimum absolute atomic E-state index is 0.0490. The van der Waals surface area contributed by atoms with Crippen molar-refractivity contribution in [3.63, 3.8) is 0 Å². The van der Waals surface area contributed by atoms with E-state index in [9.17, 15) is 4.79 Å². The molecule has 6 nitrogen and oxygen atoms in total. The predicted octanol–water partition coefficient (Wildman–Crippen LogP) is 3.03. The van der Waals surface area contributed by atoms with Gasteiger partial charge in [-0.1, -0.05) is 18.7 Å². The molecular formula is C14H19N3O3S. The van der Waals surface area contributed by atoms with Crippen LogP contribution in [0.25, 0.3) is 11.6 Å². The average Bonchev–Trinajstić information content (AvgIpc) is 3.01. The van der Waals surface area contributed by atoms with Crippen molar-refractivity contribution in [3.8, 4) is 11.6 Å². The molecule has 0 aliphatic rings. The van der Waals surface area contributed by atoms with Gasteiger partial charge in [0.1, 0.15) is 5.76 Å². The molecule has 0 fully saturated rings. The molecule has 0 atom stereocenters. The van der Waals surface area contributed by atoms with E-state index in [2.05, 4.69) is 10.2 Å². The fourth-order valence-corrected chi connectivity index (χ4v) is 2.78. The number of hydrogen-bond acceptors (Lipinski definition) is 5. The molecule has 0 aliphatic heterocycles. The van der Waals surface area contributed by atoms with Crippen molar-refractivity contribution in [2.75, 3.05) is 5.75 Å². The lowest BCUT2D eigenvalue weighted by Gasteiger charge is -2.23. The lowest BCUT2D eigenvalue weighted by atomic mass is 10.1. The van der Waals surface area contributed by atoms with Gasteiger partial charge in [-0.2, -0.15) is 0 Å². The Kier molecular flexibility index (Phi) is 4.41. The van der Waals surface area contributed by atoms with Crippen LogP contribution in [0.15, 0.2) is 21.7 Å². The lowest BCUT2D eigenvalue weighted by molar-refractivity contribution is -0.133. The summed E-state index contributed by atoms with van der Waals surface area (Å²) in [4.78, 5) is 10.8. The SMILES string of the molecule is CCc1ccc(-c2nnc(SCC(=O)O)n2C(C)(C)C)o1. The van der Waals surface area contributed by atoms with Crippen molar-refractivity contribution >= 4 is 17.7 Å². The Morgan fingerprint density at radius 1 is 1.38 bits per heavy atom. The second-order valence-corrected chi connectivity index (χ2v) is 6.56. The summed E-state index contributed by atoms with van der Waals surface area (Å²) in [6.45, 7) is 8.09. The highest BCUT2D eigenvalue weighted by molar-refractivity contribution is 7.99. The van der Waals surface area contributed by atoms with Crippen molar-refractivity contribution in [1.82, 2.24) is 14.8 Å². The first-order chi connectivity index (χ1) is 9.82. The number of carboxylic acids is 1. The highest BCUT2D eigenvalue weighted by Gasteiger charge is 2.26. The predicted molar refractivity (Wildman–Crippen MR) is 80.5 cm³/mol. The molecule has 2 heterocycles. The molecule has 0 saturated carbocycles. The zero-order valence-corrected chi connectivity index (χ0v) is 13.4. The number of hydrogen-bond donors (Lipinski definition) is 1. The molecule has 0 aromatic carbocycles. The van der Waals surface area contributed by atoms with Crippen LogP contribution in [0, 0.1) is 0 Å². The van der Waals surface area contributed by atoms with Crippen molar-refractivity contribution < 1.29 is 14.3 Å². The molecule has 0 radical (unpaired) electrons. The molecule has 21 heavy (non-hydrogen) atoms. The molecule has 0 bridgehead atoms. The van der Waals surface area contributed by atoms with Gasteiger partial charge < -0.3 is 9.52 Å². The fraction of sp³-hybridized carbons (Fsp3) is 0.500. The van der Waals surface area contributed by atoms with Crippen LogP contribution in [0.3, 0.4) is 0 Å². The fourth-order valence-electron chi connectivity index (χ4n) is 1.94. The quantitative estimate of drug-likeness (QED) is 0.855. The van der Waals surface area contributed by atoms with Crippen LogP contribution >= 0.6 is 11.8 Å². The molecule has 7 heteroatoms. The zero-order valence-electron chi connectivity index (χ0n) is 12.6. The third-order valence-electron chi connectivity index (χ3n) is 2.86. The topological polar surface area (TPSA) is 81.1 Å². The van der Waals surface area contributed by atoms with Crippen LogP contribution in [0.4, 0.5) is 0 Å². The number of rotatable bonds is 5. The Morgan fingerprint density at radius 3 is 2.62 bits per heavy atom. The average molecular weight is 309 g/mol. The summed E-state index contributed by atoms with van der Waals surface area (Å²) in [6, 6.07) is 3.79. The largest absolute Gasteiger partial charge is 0.481 e.